The lowest BCUT2D eigenvalue weighted by Crippen LogP contribution is -2.66. The van der Waals surface area contributed by atoms with Crippen LogP contribution in [0.15, 0.2) is 12.3 Å². The lowest BCUT2D eigenvalue weighted by atomic mass is 9.51. The smallest absolute Gasteiger partial charge is 0.377 e. The number of alkyl halides is 2. The van der Waals surface area contributed by atoms with Crippen LogP contribution in [-0.2, 0) is 38.0 Å². The second-order valence-electron chi connectivity index (χ2n) is 10.3. The Balaban J connectivity index is 1.22. The van der Waals surface area contributed by atoms with E-state index in [1.807, 2.05) is 0 Å². The first-order chi connectivity index (χ1) is 15.0. The zero-order chi connectivity index (χ0) is 22.6. The Morgan fingerprint density at radius 1 is 1.12 bits per heavy atom. The average molecular weight is 456 g/mol. The number of rotatable bonds is 4. The third kappa shape index (κ3) is 2.81. The minimum atomic E-state index is -3.53. The van der Waals surface area contributed by atoms with Gasteiger partial charge in [-0.1, -0.05) is 6.58 Å². The standard InChI is InChI=1S/C22H26F2O8/c1-9(2)27-15-13-14(28-17(15)25)16-18(29-13)31-22(30-16)11-4-10-5-12(22)8-21(6-10,7-11)32-19(26)20(3,23)24/h10-16,18H,1,4-8H2,2-3H3. The van der Waals surface area contributed by atoms with Crippen molar-refractivity contribution in [2.45, 2.75) is 94.0 Å². The van der Waals surface area contributed by atoms with E-state index >= 15 is 0 Å². The number of hydrogen-bond donors (Lipinski definition) is 0. The highest BCUT2D eigenvalue weighted by atomic mass is 19.3. The van der Waals surface area contributed by atoms with Gasteiger partial charge in [-0.15, -0.1) is 0 Å². The van der Waals surface area contributed by atoms with E-state index < -0.39 is 60.0 Å². The molecule has 4 saturated carbocycles. The fraction of sp³-hybridized carbons (Fsp3) is 0.818. The molecule has 7 unspecified atom stereocenters. The van der Waals surface area contributed by atoms with E-state index in [2.05, 4.69) is 6.58 Å². The summed E-state index contributed by atoms with van der Waals surface area (Å²) in [4.78, 5) is 24.2. The number of allylic oxidation sites excluding steroid dienone is 1. The summed E-state index contributed by atoms with van der Waals surface area (Å²) in [6.45, 7) is 5.87. The summed E-state index contributed by atoms with van der Waals surface area (Å²) in [5.74, 6) is -6.11. The van der Waals surface area contributed by atoms with Crippen LogP contribution in [0, 0.1) is 17.8 Å². The highest BCUT2D eigenvalue weighted by Crippen LogP contribution is 2.65. The lowest BCUT2D eigenvalue weighted by molar-refractivity contribution is -0.343. The maximum absolute atomic E-state index is 13.5. The zero-order valence-corrected chi connectivity index (χ0v) is 17.9. The number of carbonyl (C=O) groups excluding carboxylic acids is 2. The molecule has 4 bridgehead atoms. The van der Waals surface area contributed by atoms with E-state index in [4.69, 9.17) is 28.4 Å². The lowest BCUT2D eigenvalue weighted by Gasteiger charge is -2.62. The van der Waals surface area contributed by atoms with Crippen molar-refractivity contribution in [1.29, 1.82) is 0 Å². The molecule has 0 amide bonds. The highest BCUT2D eigenvalue weighted by Gasteiger charge is 2.73. The second-order valence-corrected chi connectivity index (χ2v) is 10.3. The molecule has 0 aromatic heterocycles. The summed E-state index contributed by atoms with van der Waals surface area (Å²) in [7, 11) is 0. The third-order valence-electron chi connectivity index (χ3n) is 7.88. The maximum atomic E-state index is 13.5. The monoisotopic (exact) mass is 456 g/mol. The van der Waals surface area contributed by atoms with Crippen molar-refractivity contribution >= 4 is 11.9 Å². The predicted molar refractivity (Wildman–Crippen MR) is 99.9 cm³/mol. The molecule has 7 fully saturated rings. The van der Waals surface area contributed by atoms with Gasteiger partial charge in [0.25, 0.3) is 0 Å². The molecular formula is C22H26F2O8. The van der Waals surface area contributed by atoms with E-state index in [9.17, 15) is 18.4 Å². The topological polar surface area (TPSA) is 89.5 Å². The van der Waals surface area contributed by atoms with E-state index in [0.29, 0.717) is 31.9 Å². The highest BCUT2D eigenvalue weighted by molar-refractivity contribution is 5.79. The van der Waals surface area contributed by atoms with Gasteiger partial charge in [-0.05, 0) is 44.9 Å². The van der Waals surface area contributed by atoms with Crippen LogP contribution in [0.25, 0.3) is 0 Å². The zero-order valence-electron chi connectivity index (χ0n) is 17.9. The molecule has 176 valence electrons. The molecule has 0 N–H and O–H groups in total. The maximum Gasteiger partial charge on any atom is 0.377 e. The first-order valence-corrected chi connectivity index (χ1v) is 11.1. The molecule has 8 nitrogen and oxygen atoms in total. The number of esters is 2. The van der Waals surface area contributed by atoms with Crippen LogP contribution in [0.4, 0.5) is 8.78 Å². The van der Waals surface area contributed by atoms with Crippen molar-refractivity contribution in [3.8, 4) is 0 Å². The van der Waals surface area contributed by atoms with Crippen LogP contribution in [0.1, 0.15) is 46.0 Å². The average Bonchev–Trinajstić information content (AvgIpc) is 3.28. The Hall–Kier alpha value is -1.78. The van der Waals surface area contributed by atoms with E-state index in [0.717, 1.165) is 12.8 Å². The fourth-order valence-electron chi connectivity index (χ4n) is 6.99. The molecule has 0 aromatic carbocycles. The summed E-state index contributed by atoms with van der Waals surface area (Å²) in [5, 5.41) is 0. The van der Waals surface area contributed by atoms with E-state index in [1.165, 1.54) is 0 Å². The van der Waals surface area contributed by atoms with Crippen LogP contribution in [0.3, 0.4) is 0 Å². The summed E-state index contributed by atoms with van der Waals surface area (Å²) < 4.78 is 62.4. The van der Waals surface area contributed by atoms with Gasteiger partial charge in [-0.3, -0.25) is 0 Å². The van der Waals surface area contributed by atoms with Crippen molar-refractivity contribution in [2.75, 3.05) is 0 Å². The van der Waals surface area contributed by atoms with Gasteiger partial charge < -0.3 is 28.4 Å². The number of ether oxygens (including phenoxy) is 6. The van der Waals surface area contributed by atoms with Crippen LogP contribution in [0.5, 0.6) is 0 Å². The molecule has 3 saturated heterocycles. The van der Waals surface area contributed by atoms with Gasteiger partial charge in [-0.25, -0.2) is 9.59 Å². The minimum absolute atomic E-state index is 0.126. The Labute approximate surface area is 183 Å². The fourth-order valence-corrected chi connectivity index (χ4v) is 6.99. The summed E-state index contributed by atoms with van der Waals surface area (Å²) in [6, 6.07) is 0. The van der Waals surface area contributed by atoms with Crippen molar-refractivity contribution in [2.24, 2.45) is 17.8 Å². The molecule has 4 aliphatic carbocycles. The van der Waals surface area contributed by atoms with Gasteiger partial charge in [0.2, 0.25) is 6.10 Å². The quantitative estimate of drug-likeness (QED) is 0.471. The SMILES string of the molecule is C=C(C)OC1C(=O)OC2C3OC4(OC3OC12)C1CC2CC4CC(OC(=O)C(C)(F)F)(C2)C1. The van der Waals surface area contributed by atoms with Crippen molar-refractivity contribution in [3.63, 3.8) is 0 Å². The summed E-state index contributed by atoms with van der Waals surface area (Å²) in [6.07, 6.45) is -0.551. The van der Waals surface area contributed by atoms with Gasteiger partial charge in [0.1, 0.15) is 11.7 Å². The molecule has 1 spiro atoms. The Kier molecular flexibility index (Phi) is 4.17. The Morgan fingerprint density at radius 2 is 1.81 bits per heavy atom. The van der Waals surface area contributed by atoms with Gasteiger partial charge >= 0.3 is 17.9 Å². The van der Waals surface area contributed by atoms with Gasteiger partial charge in [0.05, 0.1) is 5.76 Å². The molecule has 0 aromatic rings. The molecule has 32 heavy (non-hydrogen) atoms. The molecule has 0 radical (unpaired) electrons. The van der Waals surface area contributed by atoms with Crippen LogP contribution < -0.4 is 0 Å². The molecule has 7 atom stereocenters. The van der Waals surface area contributed by atoms with Crippen LogP contribution in [-0.4, -0.2) is 60.0 Å². The molecule has 3 heterocycles. The van der Waals surface area contributed by atoms with E-state index in [-0.39, 0.29) is 17.8 Å². The predicted octanol–water partition coefficient (Wildman–Crippen LogP) is 2.44. The van der Waals surface area contributed by atoms with Crippen LogP contribution >= 0.6 is 0 Å². The molecule has 3 aliphatic heterocycles. The Morgan fingerprint density at radius 3 is 2.44 bits per heavy atom. The second kappa shape index (κ2) is 6.42. The molecule has 7 aliphatic rings. The van der Waals surface area contributed by atoms with E-state index in [1.54, 1.807) is 6.92 Å². The molecular weight excluding hydrogens is 430 g/mol. The summed E-state index contributed by atoms with van der Waals surface area (Å²) >= 11 is 0. The van der Waals surface area contributed by atoms with Crippen molar-refractivity contribution < 1.29 is 46.8 Å². The first-order valence-electron chi connectivity index (χ1n) is 11.1. The minimum Gasteiger partial charge on any atom is -0.481 e. The van der Waals surface area contributed by atoms with Crippen LogP contribution in [0.2, 0.25) is 0 Å². The van der Waals surface area contributed by atoms with Crippen molar-refractivity contribution in [3.05, 3.63) is 12.3 Å². The number of carbonyl (C=O) groups is 2. The molecule has 10 heteroatoms. The van der Waals surface area contributed by atoms with Gasteiger partial charge in [-0.2, -0.15) is 8.78 Å². The molecule has 7 rings (SSSR count). The van der Waals surface area contributed by atoms with Crippen molar-refractivity contribution in [1.82, 2.24) is 0 Å². The third-order valence-corrected chi connectivity index (χ3v) is 7.88. The summed E-state index contributed by atoms with van der Waals surface area (Å²) in [5.41, 5.74) is -0.910. The van der Waals surface area contributed by atoms with Gasteiger partial charge in [0.15, 0.2) is 24.3 Å². The number of hydrogen-bond acceptors (Lipinski definition) is 8. The number of halogens is 2. The number of fused-ring (bicyclic) bond motifs is 3. The Bertz CT molecular complexity index is 868. The normalized spacial score (nSPS) is 50.3. The van der Waals surface area contributed by atoms with Gasteiger partial charge in [0, 0.05) is 18.8 Å². The first kappa shape index (κ1) is 20.8. The largest absolute Gasteiger partial charge is 0.481 e.